The Bertz CT molecular complexity index is 332. The Morgan fingerprint density at radius 2 is 2.00 bits per heavy atom. The van der Waals surface area contributed by atoms with Gasteiger partial charge in [0.05, 0.1) is 6.61 Å². The van der Waals surface area contributed by atoms with Gasteiger partial charge in [0.1, 0.15) is 0 Å². The van der Waals surface area contributed by atoms with Crippen molar-refractivity contribution in [2.75, 3.05) is 32.8 Å². The highest BCUT2D eigenvalue weighted by molar-refractivity contribution is 5.85. The van der Waals surface area contributed by atoms with Crippen LogP contribution < -0.4 is 5.32 Å². The molecule has 3 aliphatic rings. The molecule has 0 radical (unpaired) electrons. The van der Waals surface area contributed by atoms with Gasteiger partial charge in [-0.05, 0) is 57.5 Å². The van der Waals surface area contributed by atoms with Crippen LogP contribution in [0.2, 0.25) is 0 Å². The van der Waals surface area contributed by atoms with Gasteiger partial charge in [-0.2, -0.15) is 0 Å². The van der Waals surface area contributed by atoms with Crippen molar-refractivity contribution in [2.45, 2.75) is 51.0 Å². The summed E-state index contributed by atoms with van der Waals surface area (Å²) in [5, 5.41) is 3.39. The summed E-state index contributed by atoms with van der Waals surface area (Å²) in [5.74, 6) is 1.76. The van der Waals surface area contributed by atoms with Gasteiger partial charge >= 0.3 is 0 Å². The summed E-state index contributed by atoms with van der Waals surface area (Å²) >= 11 is 0. The molecule has 3 saturated heterocycles. The maximum Gasteiger partial charge on any atom is 0.222 e. The summed E-state index contributed by atoms with van der Waals surface area (Å²) in [4.78, 5) is 14.8. The average Bonchev–Trinajstić information content (AvgIpc) is 2.53. The van der Waals surface area contributed by atoms with E-state index in [0.717, 1.165) is 64.4 Å². The molecule has 0 aromatic heterocycles. The Morgan fingerprint density at radius 1 is 1.19 bits per heavy atom. The van der Waals surface area contributed by atoms with Crippen molar-refractivity contribution in [3.8, 4) is 0 Å². The first-order valence-electron chi connectivity index (χ1n) is 8.42. The average molecular weight is 317 g/mol. The minimum atomic E-state index is 0. The van der Waals surface area contributed by atoms with Gasteiger partial charge in [-0.3, -0.25) is 4.79 Å². The smallest absolute Gasteiger partial charge is 0.222 e. The molecule has 4 nitrogen and oxygen atoms in total. The van der Waals surface area contributed by atoms with Crippen molar-refractivity contribution in [1.82, 2.24) is 10.2 Å². The Hall–Kier alpha value is -0.320. The quantitative estimate of drug-likeness (QED) is 0.868. The molecule has 2 unspecified atom stereocenters. The molecule has 122 valence electrons. The molecule has 5 heteroatoms. The number of rotatable bonds is 3. The van der Waals surface area contributed by atoms with E-state index >= 15 is 0 Å². The first-order chi connectivity index (χ1) is 9.84. The predicted octanol–water partition coefficient (Wildman–Crippen LogP) is 2.22. The van der Waals surface area contributed by atoms with E-state index in [9.17, 15) is 4.79 Å². The van der Waals surface area contributed by atoms with Crippen LogP contribution in [-0.4, -0.2) is 49.7 Å². The molecule has 0 bridgehead atoms. The molecule has 0 saturated carbocycles. The van der Waals surface area contributed by atoms with E-state index in [1.54, 1.807) is 0 Å². The number of carbonyl (C=O) groups is 1. The molecular formula is C16H29ClN2O2. The fourth-order valence-corrected chi connectivity index (χ4v) is 4.11. The third-order valence-electron chi connectivity index (χ3n) is 5.35. The second kappa shape index (κ2) is 8.35. The standard InChI is InChI=1S/C16H28N2O2.ClH/c19-16(4-3-13-5-8-17-9-6-13)18-10-1-2-14-12-20-11-7-15(14)18;/h13-15,17H,1-12H2;1H. The van der Waals surface area contributed by atoms with Gasteiger partial charge in [0.25, 0.3) is 0 Å². The zero-order valence-corrected chi connectivity index (χ0v) is 13.7. The van der Waals surface area contributed by atoms with Crippen LogP contribution in [0.3, 0.4) is 0 Å². The molecule has 3 fully saturated rings. The van der Waals surface area contributed by atoms with Crippen LogP contribution in [0.4, 0.5) is 0 Å². The lowest BCUT2D eigenvalue weighted by atomic mass is 9.85. The highest BCUT2D eigenvalue weighted by atomic mass is 35.5. The number of amides is 1. The Kier molecular flexibility index (Phi) is 6.77. The number of piperidine rings is 2. The Morgan fingerprint density at radius 3 is 2.81 bits per heavy atom. The molecule has 21 heavy (non-hydrogen) atoms. The van der Waals surface area contributed by atoms with E-state index in [0.29, 0.717) is 17.9 Å². The largest absolute Gasteiger partial charge is 0.381 e. The van der Waals surface area contributed by atoms with Gasteiger partial charge in [-0.15, -0.1) is 12.4 Å². The van der Waals surface area contributed by atoms with Gasteiger partial charge in [0.2, 0.25) is 5.91 Å². The van der Waals surface area contributed by atoms with E-state index in [1.807, 2.05) is 0 Å². The van der Waals surface area contributed by atoms with E-state index in [4.69, 9.17) is 4.74 Å². The van der Waals surface area contributed by atoms with Crippen molar-refractivity contribution in [1.29, 1.82) is 0 Å². The van der Waals surface area contributed by atoms with Crippen molar-refractivity contribution in [2.24, 2.45) is 11.8 Å². The van der Waals surface area contributed by atoms with Gasteiger partial charge < -0.3 is 15.0 Å². The number of nitrogens with one attached hydrogen (secondary N) is 1. The summed E-state index contributed by atoms with van der Waals surface area (Å²) in [6.45, 7) is 4.93. The minimum absolute atomic E-state index is 0. The Balaban J connectivity index is 0.00000161. The van der Waals surface area contributed by atoms with Gasteiger partial charge in [0, 0.05) is 31.5 Å². The van der Waals surface area contributed by atoms with Crippen molar-refractivity contribution < 1.29 is 9.53 Å². The maximum absolute atomic E-state index is 12.6. The number of hydrogen-bond acceptors (Lipinski definition) is 3. The highest BCUT2D eigenvalue weighted by Crippen LogP contribution is 2.30. The lowest BCUT2D eigenvalue weighted by molar-refractivity contribution is -0.141. The molecule has 1 amide bonds. The van der Waals surface area contributed by atoms with Crippen molar-refractivity contribution in [3.63, 3.8) is 0 Å². The normalized spacial score (nSPS) is 30.4. The van der Waals surface area contributed by atoms with E-state index in [1.165, 1.54) is 19.3 Å². The third kappa shape index (κ3) is 4.33. The molecule has 0 spiro atoms. The maximum atomic E-state index is 12.6. The number of nitrogens with zero attached hydrogens (tertiary/aromatic N) is 1. The zero-order chi connectivity index (χ0) is 13.8. The first kappa shape index (κ1) is 17.0. The second-order valence-corrected chi connectivity index (χ2v) is 6.65. The van der Waals surface area contributed by atoms with Crippen LogP contribution in [0.15, 0.2) is 0 Å². The molecule has 0 aliphatic carbocycles. The summed E-state index contributed by atoms with van der Waals surface area (Å²) in [5.41, 5.74) is 0. The third-order valence-corrected chi connectivity index (χ3v) is 5.35. The number of ether oxygens (including phenoxy) is 1. The van der Waals surface area contributed by atoms with E-state index in [2.05, 4.69) is 10.2 Å². The minimum Gasteiger partial charge on any atom is -0.381 e. The van der Waals surface area contributed by atoms with Gasteiger partial charge in [-0.25, -0.2) is 0 Å². The van der Waals surface area contributed by atoms with Crippen LogP contribution >= 0.6 is 12.4 Å². The highest BCUT2D eigenvalue weighted by Gasteiger charge is 2.36. The molecule has 3 aliphatic heterocycles. The molecule has 2 atom stereocenters. The SMILES string of the molecule is Cl.O=C(CCC1CCNCC1)N1CCCC2COCCC21. The molecule has 0 aromatic carbocycles. The molecule has 0 aromatic rings. The monoisotopic (exact) mass is 316 g/mol. The number of carbonyl (C=O) groups excluding carboxylic acids is 1. The number of halogens is 1. The molecule has 3 heterocycles. The summed E-state index contributed by atoms with van der Waals surface area (Å²) in [6, 6.07) is 0.470. The molecular weight excluding hydrogens is 288 g/mol. The topological polar surface area (TPSA) is 41.6 Å². The van der Waals surface area contributed by atoms with Crippen LogP contribution in [0, 0.1) is 11.8 Å². The second-order valence-electron chi connectivity index (χ2n) is 6.65. The Labute approximate surface area is 134 Å². The first-order valence-corrected chi connectivity index (χ1v) is 8.42. The zero-order valence-electron chi connectivity index (χ0n) is 12.9. The fourth-order valence-electron chi connectivity index (χ4n) is 4.11. The lowest BCUT2D eigenvalue weighted by Crippen LogP contribution is -2.52. The number of hydrogen-bond donors (Lipinski definition) is 1. The molecule has 3 rings (SSSR count). The van der Waals surface area contributed by atoms with Crippen molar-refractivity contribution in [3.05, 3.63) is 0 Å². The predicted molar refractivity (Wildman–Crippen MR) is 85.7 cm³/mol. The van der Waals surface area contributed by atoms with Crippen LogP contribution in [-0.2, 0) is 9.53 Å². The summed E-state index contributed by atoms with van der Waals surface area (Å²) < 4.78 is 5.58. The van der Waals surface area contributed by atoms with Gasteiger partial charge in [0.15, 0.2) is 0 Å². The van der Waals surface area contributed by atoms with Crippen LogP contribution in [0.25, 0.3) is 0 Å². The molecule has 1 N–H and O–H groups in total. The summed E-state index contributed by atoms with van der Waals surface area (Å²) in [7, 11) is 0. The van der Waals surface area contributed by atoms with Crippen molar-refractivity contribution >= 4 is 18.3 Å². The fraction of sp³-hybridized carbons (Fsp3) is 0.938. The lowest BCUT2D eigenvalue weighted by Gasteiger charge is -2.44. The summed E-state index contributed by atoms with van der Waals surface area (Å²) in [6.07, 6.45) is 7.77. The van der Waals surface area contributed by atoms with Crippen LogP contribution in [0.5, 0.6) is 0 Å². The number of likely N-dealkylation sites (tertiary alicyclic amines) is 1. The number of fused-ring (bicyclic) bond motifs is 1. The van der Waals surface area contributed by atoms with Gasteiger partial charge in [-0.1, -0.05) is 0 Å². The van der Waals surface area contributed by atoms with E-state index in [-0.39, 0.29) is 12.4 Å². The van der Waals surface area contributed by atoms with E-state index < -0.39 is 0 Å². The van der Waals surface area contributed by atoms with Crippen LogP contribution in [0.1, 0.15) is 44.9 Å².